The molecule has 1 saturated carbocycles. The Labute approximate surface area is 130 Å². The number of hydrogen-bond donors (Lipinski definition) is 1. The largest absolute Gasteiger partial charge is 0.334 e. The van der Waals surface area contributed by atoms with Crippen LogP contribution in [0.5, 0.6) is 0 Å². The van der Waals surface area contributed by atoms with Gasteiger partial charge in [0.15, 0.2) is 6.71 Å². The highest BCUT2D eigenvalue weighted by molar-refractivity contribution is 6.60. The van der Waals surface area contributed by atoms with Crippen LogP contribution in [0.4, 0.5) is 0 Å². The number of hydrogen-bond acceptors (Lipinski definition) is 1. The first kappa shape index (κ1) is 15.2. The number of benzene rings is 1. The molecule has 4 unspecified atom stereocenters. The normalized spacial score (nSPS) is 32.8. The molecule has 4 rings (SSSR count). The van der Waals surface area contributed by atoms with E-state index in [0.717, 1.165) is 24.2 Å². The molecule has 2 N–H and O–H groups in total. The molecule has 1 nitrogen and oxygen atoms in total. The van der Waals surface area contributed by atoms with Gasteiger partial charge in [0.05, 0.1) is 0 Å². The third-order valence-electron chi connectivity index (χ3n) is 6.71. The van der Waals surface area contributed by atoms with Gasteiger partial charge in [-0.2, -0.15) is 0 Å². The Bertz CT molecular complexity index is 470. The van der Waals surface area contributed by atoms with Crippen LogP contribution >= 0.6 is 0 Å². The van der Waals surface area contributed by atoms with E-state index in [4.69, 9.17) is 5.73 Å². The van der Waals surface area contributed by atoms with Crippen LogP contribution in [0.2, 0.25) is 12.6 Å². The lowest BCUT2D eigenvalue weighted by molar-refractivity contribution is -0.0536. The van der Waals surface area contributed by atoms with Gasteiger partial charge < -0.3 is 5.73 Å². The standard InChI is InChI=1S/C19H30BN/c1-14-13-20(10-9-16-12-17(14)19(16,2)3)18(21)11-15-7-5-4-6-8-15/h4-8,14,16-18H,9-13,21H2,1-3H3. The van der Waals surface area contributed by atoms with Gasteiger partial charge in [0.1, 0.15) is 0 Å². The summed E-state index contributed by atoms with van der Waals surface area (Å²) in [6.07, 6.45) is 6.56. The zero-order valence-corrected chi connectivity index (χ0v) is 13.9. The van der Waals surface area contributed by atoms with Crippen molar-refractivity contribution in [1.29, 1.82) is 0 Å². The van der Waals surface area contributed by atoms with Gasteiger partial charge in [-0.1, -0.05) is 70.2 Å². The van der Waals surface area contributed by atoms with Gasteiger partial charge in [-0.05, 0) is 47.5 Å². The van der Waals surface area contributed by atoms with Gasteiger partial charge in [-0.15, -0.1) is 0 Å². The average molecular weight is 283 g/mol. The Kier molecular flexibility index (Phi) is 4.18. The highest BCUT2D eigenvalue weighted by atomic mass is 14.6. The van der Waals surface area contributed by atoms with Crippen molar-refractivity contribution in [3.8, 4) is 0 Å². The molecule has 3 aliphatic rings. The van der Waals surface area contributed by atoms with Crippen LogP contribution < -0.4 is 5.73 Å². The van der Waals surface area contributed by atoms with E-state index < -0.39 is 0 Å². The summed E-state index contributed by atoms with van der Waals surface area (Å²) in [5, 5.41) is 0. The van der Waals surface area contributed by atoms with Gasteiger partial charge in [0, 0.05) is 0 Å². The van der Waals surface area contributed by atoms with Crippen molar-refractivity contribution >= 4 is 6.71 Å². The molecule has 0 amide bonds. The van der Waals surface area contributed by atoms with Gasteiger partial charge in [-0.3, -0.25) is 0 Å². The smallest absolute Gasteiger partial charge is 0.160 e. The molecule has 2 heteroatoms. The molecule has 0 radical (unpaired) electrons. The Hall–Kier alpha value is -0.755. The minimum absolute atomic E-state index is 0.329. The van der Waals surface area contributed by atoms with Crippen LogP contribution in [-0.4, -0.2) is 12.7 Å². The number of nitrogens with two attached hydrogens (primary N) is 1. The number of fused-ring (bicyclic) bond motifs is 4. The van der Waals surface area contributed by atoms with Crippen molar-refractivity contribution < 1.29 is 0 Å². The van der Waals surface area contributed by atoms with E-state index in [0.29, 0.717) is 18.1 Å². The lowest BCUT2D eigenvalue weighted by atomic mass is 9.32. The molecule has 1 aliphatic carbocycles. The van der Waals surface area contributed by atoms with E-state index in [-0.39, 0.29) is 0 Å². The lowest BCUT2D eigenvalue weighted by Gasteiger charge is -2.57. The van der Waals surface area contributed by atoms with E-state index in [1.807, 2.05) is 0 Å². The van der Waals surface area contributed by atoms with Gasteiger partial charge in [0.2, 0.25) is 0 Å². The lowest BCUT2D eigenvalue weighted by Crippen LogP contribution is -2.53. The molecular formula is C19H30BN. The third kappa shape index (κ3) is 2.92. The molecule has 3 fully saturated rings. The summed E-state index contributed by atoms with van der Waals surface area (Å²) in [6.45, 7) is 8.16. The van der Waals surface area contributed by atoms with Crippen molar-refractivity contribution in [1.82, 2.24) is 0 Å². The first-order valence-corrected chi connectivity index (χ1v) is 8.78. The average Bonchev–Trinajstić information content (AvgIpc) is 2.42. The van der Waals surface area contributed by atoms with Crippen LogP contribution in [0.3, 0.4) is 0 Å². The molecule has 1 aromatic carbocycles. The van der Waals surface area contributed by atoms with Crippen LogP contribution in [-0.2, 0) is 6.42 Å². The van der Waals surface area contributed by atoms with Crippen LogP contribution in [0.15, 0.2) is 30.3 Å². The van der Waals surface area contributed by atoms with E-state index in [1.165, 1.54) is 31.0 Å². The monoisotopic (exact) mass is 283 g/mol. The molecule has 2 bridgehead atoms. The maximum atomic E-state index is 6.59. The Morgan fingerprint density at radius 3 is 2.67 bits per heavy atom. The Balaban J connectivity index is 1.64. The van der Waals surface area contributed by atoms with Crippen molar-refractivity contribution in [3.05, 3.63) is 35.9 Å². The molecule has 1 aromatic rings. The quantitative estimate of drug-likeness (QED) is 0.823. The molecule has 2 aliphatic heterocycles. The summed E-state index contributed by atoms with van der Waals surface area (Å²) in [4.78, 5) is 0. The van der Waals surface area contributed by atoms with Crippen molar-refractivity contribution in [2.75, 3.05) is 0 Å². The van der Waals surface area contributed by atoms with E-state index in [9.17, 15) is 0 Å². The van der Waals surface area contributed by atoms with E-state index in [2.05, 4.69) is 51.1 Å². The molecule has 2 heterocycles. The van der Waals surface area contributed by atoms with Crippen LogP contribution in [0.25, 0.3) is 0 Å². The van der Waals surface area contributed by atoms with Gasteiger partial charge in [-0.25, -0.2) is 0 Å². The summed E-state index contributed by atoms with van der Waals surface area (Å²) >= 11 is 0. The summed E-state index contributed by atoms with van der Waals surface area (Å²) < 4.78 is 0. The van der Waals surface area contributed by atoms with Crippen LogP contribution in [0.1, 0.15) is 39.2 Å². The second kappa shape index (κ2) is 5.80. The van der Waals surface area contributed by atoms with Gasteiger partial charge >= 0.3 is 0 Å². The van der Waals surface area contributed by atoms with Crippen molar-refractivity contribution in [2.24, 2.45) is 28.9 Å². The van der Waals surface area contributed by atoms with E-state index >= 15 is 0 Å². The molecule has 0 spiro atoms. The molecular weight excluding hydrogens is 253 g/mol. The van der Waals surface area contributed by atoms with Crippen molar-refractivity contribution in [3.63, 3.8) is 0 Å². The topological polar surface area (TPSA) is 26.0 Å². The summed E-state index contributed by atoms with van der Waals surface area (Å²) in [5.41, 5.74) is 8.56. The minimum Gasteiger partial charge on any atom is -0.334 e. The molecule has 114 valence electrons. The highest BCUT2D eigenvalue weighted by Gasteiger charge is 2.51. The predicted molar refractivity (Wildman–Crippen MR) is 92.6 cm³/mol. The fourth-order valence-electron chi connectivity index (χ4n) is 5.13. The summed E-state index contributed by atoms with van der Waals surface area (Å²) in [7, 11) is 0. The summed E-state index contributed by atoms with van der Waals surface area (Å²) in [5.74, 6) is 3.03. The zero-order chi connectivity index (χ0) is 15.0. The predicted octanol–water partition coefficient (Wildman–Crippen LogP) is 4.29. The summed E-state index contributed by atoms with van der Waals surface area (Å²) in [6, 6.07) is 10.8. The minimum atomic E-state index is 0.329. The first-order valence-electron chi connectivity index (χ1n) is 8.78. The maximum absolute atomic E-state index is 6.59. The van der Waals surface area contributed by atoms with E-state index in [1.54, 1.807) is 0 Å². The maximum Gasteiger partial charge on any atom is 0.160 e. The molecule has 0 aromatic heterocycles. The Morgan fingerprint density at radius 1 is 1.29 bits per heavy atom. The molecule has 2 saturated heterocycles. The fraction of sp³-hybridized carbons (Fsp3) is 0.684. The SMILES string of the molecule is CC1CB(C(N)Cc2ccccc2)CCC2CC1C2(C)C. The fourth-order valence-corrected chi connectivity index (χ4v) is 5.13. The number of rotatable bonds is 3. The molecule has 21 heavy (non-hydrogen) atoms. The zero-order valence-electron chi connectivity index (χ0n) is 13.9. The van der Waals surface area contributed by atoms with Crippen LogP contribution in [0, 0.1) is 23.2 Å². The first-order chi connectivity index (χ1) is 9.98. The Morgan fingerprint density at radius 2 is 2.00 bits per heavy atom. The van der Waals surface area contributed by atoms with Crippen molar-refractivity contribution in [2.45, 2.75) is 58.6 Å². The second-order valence-electron chi connectivity index (χ2n) is 8.26. The highest BCUT2D eigenvalue weighted by Crippen LogP contribution is 2.58. The molecule has 4 atom stereocenters. The third-order valence-corrected chi connectivity index (χ3v) is 6.71. The second-order valence-corrected chi connectivity index (χ2v) is 8.26. The van der Waals surface area contributed by atoms with Gasteiger partial charge in [0.25, 0.3) is 0 Å².